The van der Waals surface area contributed by atoms with Crippen molar-refractivity contribution in [3.63, 3.8) is 0 Å². The molecule has 6 nitrogen and oxygen atoms in total. The van der Waals surface area contributed by atoms with E-state index in [2.05, 4.69) is 51.7 Å². The van der Waals surface area contributed by atoms with Crippen LogP contribution >= 0.6 is 0 Å². The lowest BCUT2D eigenvalue weighted by atomic mass is 10.1. The SMILES string of the molecule is CCCC[N+](CCCC)(CCCC)CCCC.CCn1cc[n+](C)c1.CS(=O)(=O)O. The van der Waals surface area contributed by atoms with Gasteiger partial charge in [0.1, 0.15) is 12.4 Å². The first kappa shape index (κ1) is 31.3. The molecule has 0 radical (unpaired) electrons. The highest BCUT2D eigenvalue weighted by Gasteiger charge is 2.24. The summed E-state index contributed by atoms with van der Waals surface area (Å²) >= 11 is 0. The van der Waals surface area contributed by atoms with Gasteiger partial charge in [-0.15, -0.1) is 0 Å². The number of aromatic nitrogens is 2. The summed E-state index contributed by atoms with van der Waals surface area (Å²) in [5.41, 5.74) is 0. The highest BCUT2D eigenvalue weighted by atomic mass is 32.2. The van der Waals surface area contributed by atoms with Gasteiger partial charge in [-0.25, -0.2) is 9.13 Å². The minimum absolute atomic E-state index is 0.715. The van der Waals surface area contributed by atoms with Crippen molar-refractivity contribution in [2.75, 3.05) is 32.4 Å². The fourth-order valence-electron chi connectivity index (χ4n) is 3.33. The predicted octanol–water partition coefficient (Wildman–Crippen LogP) is 4.84. The van der Waals surface area contributed by atoms with Crippen molar-refractivity contribution >= 4 is 10.1 Å². The van der Waals surface area contributed by atoms with Gasteiger partial charge >= 0.3 is 0 Å². The van der Waals surface area contributed by atoms with Crippen molar-refractivity contribution in [2.45, 2.75) is 92.5 Å². The fourth-order valence-corrected chi connectivity index (χ4v) is 3.33. The summed E-state index contributed by atoms with van der Waals surface area (Å²) in [7, 11) is -1.65. The third-order valence-electron chi connectivity index (χ3n) is 5.13. The molecule has 1 heterocycles. The number of nitrogens with zero attached hydrogens (tertiary/aromatic N) is 3. The largest absolute Gasteiger partial charge is 0.324 e. The molecule has 180 valence electrons. The van der Waals surface area contributed by atoms with Crippen LogP contribution in [0.25, 0.3) is 0 Å². The van der Waals surface area contributed by atoms with Gasteiger partial charge in [0.25, 0.3) is 10.1 Å². The maximum Gasteiger partial charge on any atom is 0.261 e. The van der Waals surface area contributed by atoms with Crippen molar-refractivity contribution in [1.82, 2.24) is 4.57 Å². The molecule has 0 aromatic carbocycles. The van der Waals surface area contributed by atoms with Crippen LogP contribution < -0.4 is 4.57 Å². The molecule has 0 saturated carbocycles. The Hall–Kier alpha value is -0.920. The number of rotatable bonds is 13. The van der Waals surface area contributed by atoms with Crippen molar-refractivity contribution in [3.05, 3.63) is 18.7 Å². The van der Waals surface area contributed by atoms with Crippen LogP contribution in [0.15, 0.2) is 18.7 Å². The number of quaternary nitrogens is 1. The zero-order chi connectivity index (χ0) is 23.5. The van der Waals surface area contributed by atoms with Crippen molar-refractivity contribution in [1.29, 1.82) is 0 Å². The molecule has 30 heavy (non-hydrogen) atoms. The second kappa shape index (κ2) is 18.8. The first-order valence-corrected chi connectivity index (χ1v) is 13.7. The summed E-state index contributed by atoms with van der Waals surface area (Å²) in [6, 6.07) is 0. The van der Waals surface area contributed by atoms with E-state index in [1.807, 2.05) is 17.8 Å². The summed E-state index contributed by atoms with van der Waals surface area (Å²) in [5, 5.41) is 0. The zero-order valence-electron chi connectivity index (χ0n) is 20.9. The van der Waals surface area contributed by atoms with Crippen LogP contribution in [-0.2, 0) is 23.7 Å². The normalized spacial score (nSPS) is 11.3. The van der Waals surface area contributed by atoms with Gasteiger partial charge in [0.15, 0.2) is 0 Å². The van der Waals surface area contributed by atoms with E-state index >= 15 is 0 Å². The topological polar surface area (TPSA) is 63.2 Å². The first-order chi connectivity index (χ1) is 14.1. The summed E-state index contributed by atoms with van der Waals surface area (Å²) in [5.74, 6) is 0. The summed E-state index contributed by atoms with van der Waals surface area (Å²) < 4.78 is 31.4. The van der Waals surface area contributed by atoms with E-state index in [1.54, 1.807) is 0 Å². The zero-order valence-corrected chi connectivity index (χ0v) is 21.8. The minimum atomic E-state index is -3.67. The maximum atomic E-state index is 9.19. The second-order valence-electron chi connectivity index (χ2n) is 8.29. The van der Waals surface area contributed by atoms with Gasteiger partial charge < -0.3 is 4.48 Å². The van der Waals surface area contributed by atoms with Gasteiger partial charge in [-0.1, -0.05) is 53.4 Å². The van der Waals surface area contributed by atoms with E-state index in [4.69, 9.17) is 4.55 Å². The average molecular weight is 450 g/mol. The number of hydrogen-bond acceptors (Lipinski definition) is 2. The molecule has 0 atom stereocenters. The standard InChI is InChI=1S/C16H36N.C6H11N2.CH4O3S/c1-5-9-13-17(14-10-6-2,15-11-7-3)16-12-8-4;1-3-8-5-4-7(2)6-8;1-5(2,3)4/h5-16H2,1-4H3;4-6H,3H2,1-2H3;1H3,(H,2,3,4)/q2*+1;. The van der Waals surface area contributed by atoms with Crippen LogP contribution in [0.3, 0.4) is 0 Å². The van der Waals surface area contributed by atoms with Gasteiger partial charge in [-0.3, -0.25) is 4.55 Å². The monoisotopic (exact) mass is 449 g/mol. The quantitative estimate of drug-likeness (QED) is 0.266. The number of aryl methyl sites for hydroxylation is 2. The highest BCUT2D eigenvalue weighted by Crippen LogP contribution is 2.16. The molecule has 0 aliphatic rings. The number of hydrogen-bond donors (Lipinski definition) is 1. The van der Waals surface area contributed by atoms with Gasteiger partial charge in [-0.05, 0) is 32.6 Å². The Morgan fingerprint density at radius 1 is 0.833 bits per heavy atom. The third-order valence-corrected chi connectivity index (χ3v) is 5.13. The molecule has 0 aliphatic carbocycles. The Bertz CT molecular complexity index is 555. The molecule has 0 fully saturated rings. The summed E-state index contributed by atoms with van der Waals surface area (Å²) in [4.78, 5) is 0. The molecule has 7 heteroatoms. The summed E-state index contributed by atoms with van der Waals surface area (Å²) in [6.45, 7) is 18.2. The van der Waals surface area contributed by atoms with Crippen LogP contribution in [-0.4, -0.2) is 54.5 Å². The van der Waals surface area contributed by atoms with Crippen molar-refractivity contribution < 1.29 is 22.0 Å². The van der Waals surface area contributed by atoms with Crippen molar-refractivity contribution in [3.8, 4) is 0 Å². The fraction of sp³-hybridized carbons (Fsp3) is 0.870. The Labute approximate surface area is 187 Å². The lowest BCUT2D eigenvalue weighted by Gasteiger charge is -2.39. The maximum absolute atomic E-state index is 9.19. The van der Waals surface area contributed by atoms with E-state index < -0.39 is 10.1 Å². The molecule has 0 bridgehead atoms. The molecule has 0 amide bonds. The molecule has 0 unspecified atom stereocenters. The van der Waals surface area contributed by atoms with E-state index in [9.17, 15) is 8.42 Å². The molecular formula is C23H51N3O3S+2. The predicted molar refractivity (Wildman–Crippen MR) is 128 cm³/mol. The van der Waals surface area contributed by atoms with Gasteiger partial charge in [0, 0.05) is 0 Å². The smallest absolute Gasteiger partial charge is 0.261 e. The van der Waals surface area contributed by atoms with Crippen LogP contribution in [0, 0.1) is 0 Å². The van der Waals surface area contributed by atoms with Gasteiger partial charge in [-0.2, -0.15) is 8.42 Å². The Kier molecular flexibility index (Phi) is 19.6. The third kappa shape index (κ3) is 20.4. The van der Waals surface area contributed by atoms with E-state index in [-0.39, 0.29) is 0 Å². The summed E-state index contributed by atoms with van der Waals surface area (Å²) in [6.07, 6.45) is 17.9. The first-order valence-electron chi connectivity index (χ1n) is 11.9. The van der Waals surface area contributed by atoms with E-state index in [1.165, 1.54) is 82.0 Å². The van der Waals surface area contributed by atoms with Crippen molar-refractivity contribution in [2.24, 2.45) is 7.05 Å². The van der Waals surface area contributed by atoms with Crippen LogP contribution in [0.1, 0.15) is 86.0 Å². The molecule has 0 aliphatic heterocycles. The lowest BCUT2D eigenvalue weighted by molar-refractivity contribution is -0.929. The molecule has 1 rings (SSSR count). The molecule has 1 aromatic heterocycles. The van der Waals surface area contributed by atoms with E-state index in [0.29, 0.717) is 6.26 Å². The number of unbranched alkanes of at least 4 members (excludes halogenated alkanes) is 4. The highest BCUT2D eigenvalue weighted by molar-refractivity contribution is 7.85. The Morgan fingerprint density at radius 3 is 1.33 bits per heavy atom. The molecule has 1 N–H and O–H groups in total. The van der Waals surface area contributed by atoms with Crippen LogP contribution in [0.5, 0.6) is 0 Å². The number of imidazole rings is 1. The molecule has 0 spiro atoms. The van der Waals surface area contributed by atoms with Crippen LogP contribution in [0.2, 0.25) is 0 Å². The molecular weight excluding hydrogens is 398 g/mol. The average Bonchev–Trinajstić information content (AvgIpc) is 3.11. The van der Waals surface area contributed by atoms with Gasteiger partial charge in [0.05, 0.1) is 46.0 Å². The Morgan fingerprint density at radius 2 is 1.17 bits per heavy atom. The molecule has 0 saturated heterocycles. The molecule has 1 aromatic rings. The van der Waals surface area contributed by atoms with Crippen LogP contribution in [0.4, 0.5) is 0 Å². The minimum Gasteiger partial charge on any atom is -0.324 e. The second-order valence-corrected chi connectivity index (χ2v) is 9.76. The van der Waals surface area contributed by atoms with E-state index in [0.717, 1.165) is 6.54 Å². The van der Waals surface area contributed by atoms with Gasteiger partial charge in [0.2, 0.25) is 6.33 Å². The Balaban J connectivity index is 0. The lowest BCUT2D eigenvalue weighted by Crippen LogP contribution is -2.50.